The fraction of sp³-hybridized carbons (Fsp3) is 0.500. The van der Waals surface area contributed by atoms with Crippen molar-refractivity contribution in [2.75, 3.05) is 6.54 Å². The summed E-state index contributed by atoms with van der Waals surface area (Å²) < 4.78 is 13.2. The van der Waals surface area contributed by atoms with Gasteiger partial charge in [-0.2, -0.15) is 0 Å². The maximum Gasteiger partial charge on any atom is 0.257 e. The number of hydrogen-bond donors (Lipinski definition) is 1. The van der Waals surface area contributed by atoms with Gasteiger partial charge in [0, 0.05) is 12.6 Å². The van der Waals surface area contributed by atoms with Crippen LogP contribution in [0.15, 0.2) is 18.2 Å². The molecule has 1 aliphatic rings. The van der Waals surface area contributed by atoms with Crippen LogP contribution in [0.1, 0.15) is 37.0 Å². The number of nitrogens with zero attached hydrogens (tertiary/aromatic N) is 1. The van der Waals surface area contributed by atoms with Crippen molar-refractivity contribution in [1.29, 1.82) is 0 Å². The molecule has 1 fully saturated rings. The van der Waals surface area contributed by atoms with Crippen molar-refractivity contribution >= 4 is 5.91 Å². The number of carbonyl (C=O) groups is 1. The van der Waals surface area contributed by atoms with Gasteiger partial charge in [0.15, 0.2) is 0 Å². The van der Waals surface area contributed by atoms with E-state index in [1.807, 2.05) is 0 Å². The van der Waals surface area contributed by atoms with E-state index in [1.165, 1.54) is 6.07 Å². The van der Waals surface area contributed by atoms with Crippen LogP contribution < -0.4 is 0 Å². The molecule has 1 amide bonds. The van der Waals surface area contributed by atoms with Gasteiger partial charge in [-0.1, -0.05) is 13.8 Å². The number of likely N-dealkylation sites (tertiary alicyclic amines) is 1. The standard InChI is InChI=1S/C14H18FNO2/c1-9(2)12-4-3-7-16(12)14(18)11-8-10(15)5-6-13(11)17/h5-6,8-9,12,17H,3-4,7H2,1-2H3. The zero-order valence-corrected chi connectivity index (χ0v) is 10.7. The highest BCUT2D eigenvalue weighted by molar-refractivity contribution is 5.97. The molecule has 1 atom stereocenters. The predicted molar refractivity (Wildman–Crippen MR) is 67.0 cm³/mol. The van der Waals surface area contributed by atoms with E-state index >= 15 is 0 Å². The lowest BCUT2D eigenvalue weighted by Gasteiger charge is -2.28. The molecule has 2 rings (SSSR count). The molecule has 0 saturated carbocycles. The van der Waals surface area contributed by atoms with Crippen LogP contribution in [0.5, 0.6) is 5.75 Å². The largest absolute Gasteiger partial charge is 0.507 e. The van der Waals surface area contributed by atoms with Crippen molar-refractivity contribution in [3.63, 3.8) is 0 Å². The van der Waals surface area contributed by atoms with Gasteiger partial charge >= 0.3 is 0 Å². The van der Waals surface area contributed by atoms with Crippen LogP contribution in [-0.2, 0) is 0 Å². The number of amides is 1. The van der Waals surface area contributed by atoms with Crippen molar-refractivity contribution in [2.24, 2.45) is 5.92 Å². The first-order valence-corrected chi connectivity index (χ1v) is 6.30. The number of halogens is 1. The predicted octanol–water partition coefficient (Wildman–Crippen LogP) is 2.79. The lowest BCUT2D eigenvalue weighted by molar-refractivity contribution is 0.0698. The molecule has 1 aromatic carbocycles. The average molecular weight is 251 g/mol. The number of phenolic OH excluding ortho intramolecular Hbond substituents is 1. The fourth-order valence-electron chi connectivity index (χ4n) is 2.57. The fourth-order valence-corrected chi connectivity index (χ4v) is 2.57. The summed E-state index contributed by atoms with van der Waals surface area (Å²) in [5, 5.41) is 9.68. The minimum atomic E-state index is -0.503. The van der Waals surface area contributed by atoms with E-state index in [0.717, 1.165) is 25.0 Å². The van der Waals surface area contributed by atoms with Gasteiger partial charge < -0.3 is 10.0 Å². The van der Waals surface area contributed by atoms with E-state index in [4.69, 9.17) is 0 Å². The highest BCUT2D eigenvalue weighted by Gasteiger charge is 2.32. The van der Waals surface area contributed by atoms with E-state index in [2.05, 4.69) is 13.8 Å². The summed E-state index contributed by atoms with van der Waals surface area (Å²) >= 11 is 0. The number of phenols is 1. The van der Waals surface area contributed by atoms with Crippen LogP contribution in [0.3, 0.4) is 0 Å². The van der Waals surface area contributed by atoms with Gasteiger partial charge in [-0.05, 0) is 37.0 Å². The smallest absolute Gasteiger partial charge is 0.257 e. The molecule has 18 heavy (non-hydrogen) atoms. The average Bonchev–Trinajstić information content (AvgIpc) is 2.80. The minimum Gasteiger partial charge on any atom is -0.507 e. The highest BCUT2D eigenvalue weighted by atomic mass is 19.1. The topological polar surface area (TPSA) is 40.5 Å². The third kappa shape index (κ3) is 2.33. The van der Waals surface area contributed by atoms with Crippen LogP contribution in [0.25, 0.3) is 0 Å². The number of carbonyl (C=O) groups excluding carboxylic acids is 1. The Morgan fingerprint density at radius 2 is 2.22 bits per heavy atom. The highest BCUT2D eigenvalue weighted by Crippen LogP contribution is 2.28. The van der Waals surface area contributed by atoms with E-state index in [9.17, 15) is 14.3 Å². The molecule has 0 spiro atoms. The second-order valence-corrected chi connectivity index (χ2v) is 5.11. The molecule has 1 unspecified atom stereocenters. The zero-order valence-electron chi connectivity index (χ0n) is 10.7. The first kappa shape index (κ1) is 12.9. The Bertz CT molecular complexity index is 459. The molecule has 1 aliphatic heterocycles. The summed E-state index contributed by atoms with van der Waals surface area (Å²) in [5.41, 5.74) is 0.0579. The number of rotatable bonds is 2. The molecule has 1 saturated heterocycles. The third-order valence-electron chi connectivity index (χ3n) is 3.52. The summed E-state index contributed by atoms with van der Waals surface area (Å²) in [6.45, 7) is 4.82. The molecule has 1 heterocycles. The molecule has 98 valence electrons. The first-order valence-electron chi connectivity index (χ1n) is 6.30. The molecular weight excluding hydrogens is 233 g/mol. The van der Waals surface area contributed by atoms with Gasteiger partial charge in [0.25, 0.3) is 5.91 Å². The number of aromatic hydroxyl groups is 1. The Balaban J connectivity index is 2.28. The molecule has 0 aromatic heterocycles. The summed E-state index contributed by atoms with van der Waals surface area (Å²) in [5.74, 6) is -0.567. The van der Waals surface area contributed by atoms with Gasteiger partial charge in [0.05, 0.1) is 5.56 Å². The molecule has 0 bridgehead atoms. The van der Waals surface area contributed by atoms with Gasteiger partial charge in [0.2, 0.25) is 0 Å². The molecule has 1 aromatic rings. The Kier molecular flexibility index (Phi) is 3.55. The summed E-state index contributed by atoms with van der Waals surface area (Å²) in [7, 11) is 0. The zero-order chi connectivity index (χ0) is 13.3. The Labute approximate surface area is 106 Å². The molecule has 0 radical (unpaired) electrons. The third-order valence-corrected chi connectivity index (χ3v) is 3.52. The van der Waals surface area contributed by atoms with Crippen LogP contribution in [0.4, 0.5) is 4.39 Å². The lowest BCUT2D eigenvalue weighted by Crippen LogP contribution is -2.38. The monoisotopic (exact) mass is 251 g/mol. The summed E-state index contributed by atoms with van der Waals surface area (Å²) in [6.07, 6.45) is 1.93. The van der Waals surface area contributed by atoms with E-state index in [1.54, 1.807) is 4.90 Å². The van der Waals surface area contributed by atoms with Crippen LogP contribution >= 0.6 is 0 Å². The van der Waals surface area contributed by atoms with Crippen LogP contribution in [0, 0.1) is 11.7 Å². The van der Waals surface area contributed by atoms with E-state index < -0.39 is 5.82 Å². The van der Waals surface area contributed by atoms with Crippen LogP contribution in [0.2, 0.25) is 0 Å². The van der Waals surface area contributed by atoms with Gasteiger partial charge in [-0.3, -0.25) is 4.79 Å². The molecule has 4 heteroatoms. The van der Waals surface area contributed by atoms with Gasteiger partial charge in [-0.25, -0.2) is 4.39 Å². The van der Waals surface area contributed by atoms with Crippen LogP contribution in [-0.4, -0.2) is 28.5 Å². The second-order valence-electron chi connectivity index (χ2n) is 5.11. The maximum atomic E-state index is 13.2. The van der Waals surface area contributed by atoms with E-state index in [0.29, 0.717) is 12.5 Å². The Morgan fingerprint density at radius 1 is 1.50 bits per heavy atom. The molecule has 0 aliphatic carbocycles. The maximum absolute atomic E-state index is 13.2. The summed E-state index contributed by atoms with van der Waals surface area (Å²) in [4.78, 5) is 14.1. The molecule has 1 N–H and O–H groups in total. The Morgan fingerprint density at radius 3 is 2.89 bits per heavy atom. The molecular formula is C14H18FNO2. The molecule has 3 nitrogen and oxygen atoms in total. The number of hydrogen-bond acceptors (Lipinski definition) is 2. The van der Waals surface area contributed by atoms with Crippen molar-refractivity contribution < 1.29 is 14.3 Å². The Hall–Kier alpha value is -1.58. The summed E-state index contributed by atoms with van der Waals surface area (Å²) in [6, 6.07) is 3.66. The SMILES string of the molecule is CC(C)C1CCCN1C(=O)c1cc(F)ccc1O. The van der Waals surface area contributed by atoms with E-state index in [-0.39, 0.29) is 23.3 Å². The normalized spacial score (nSPS) is 19.6. The quantitative estimate of drug-likeness (QED) is 0.878. The second kappa shape index (κ2) is 4.96. The van der Waals surface area contributed by atoms with Crippen molar-refractivity contribution in [2.45, 2.75) is 32.7 Å². The van der Waals surface area contributed by atoms with Crippen molar-refractivity contribution in [3.8, 4) is 5.75 Å². The first-order chi connectivity index (χ1) is 8.50. The number of benzene rings is 1. The lowest BCUT2D eigenvalue weighted by atomic mass is 10.0. The van der Waals surface area contributed by atoms with Gasteiger partial charge in [-0.15, -0.1) is 0 Å². The van der Waals surface area contributed by atoms with Gasteiger partial charge in [0.1, 0.15) is 11.6 Å². The minimum absolute atomic E-state index is 0.0579. The van der Waals surface area contributed by atoms with Crippen molar-refractivity contribution in [1.82, 2.24) is 4.90 Å². The van der Waals surface area contributed by atoms with Crippen molar-refractivity contribution in [3.05, 3.63) is 29.6 Å².